The summed E-state index contributed by atoms with van der Waals surface area (Å²) in [5, 5.41) is 12.1. The van der Waals surface area contributed by atoms with Crippen LogP contribution >= 0.6 is 0 Å². The number of hydrogen-bond donors (Lipinski definition) is 2. The summed E-state index contributed by atoms with van der Waals surface area (Å²) < 4.78 is 0. The monoisotopic (exact) mass is 295 g/mol. The highest BCUT2D eigenvalue weighted by atomic mass is 16.4. The largest absolute Gasteiger partial charge is 0.481 e. The average Bonchev–Trinajstić information content (AvgIpc) is 2.94. The molecule has 0 saturated heterocycles. The van der Waals surface area contributed by atoms with Gasteiger partial charge in [-0.25, -0.2) is 0 Å². The Balaban J connectivity index is 1.69. The van der Waals surface area contributed by atoms with E-state index in [4.69, 9.17) is 5.11 Å². The molecule has 0 aromatic rings. The van der Waals surface area contributed by atoms with E-state index in [0.29, 0.717) is 12.8 Å². The molecule has 2 fully saturated rings. The molecule has 0 radical (unpaired) electrons. The van der Waals surface area contributed by atoms with Crippen molar-refractivity contribution in [3.05, 3.63) is 0 Å². The Hall–Kier alpha value is -1.06. The average molecular weight is 295 g/mol. The lowest BCUT2D eigenvalue weighted by Gasteiger charge is -2.28. The van der Waals surface area contributed by atoms with E-state index in [-0.39, 0.29) is 23.8 Å². The first kappa shape index (κ1) is 16.3. The quantitative estimate of drug-likeness (QED) is 0.789. The molecule has 2 unspecified atom stereocenters. The number of rotatable bonds is 6. The predicted molar refractivity (Wildman–Crippen MR) is 81.9 cm³/mol. The molecule has 2 aliphatic carbocycles. The van der Waals surface area contributed by atoms with Crippen LogP contribution in [0.25, 0.3) is 0 Å². The van der Waals surface area contributed by atoms with Crippen molar-refractivity contribution in [2.75, 3.05) is 0 Å². The van der Waals surface area contributed by atoms with Crippen molar-refractivity contribution >= 4 is 11.9 Å². The van der Waals surface area contributed by atoms with Gasteiger partial charge in [0.05, 0.1) is 5.92 Å². The molecular weight excluding hydrogens is 266 g/mol. The van der Waals surface area contributed by atoms with Gasteiger partial charge in [0.1, 0.15) is 0 Å². The Morgan fingerprint density at radius 2 is 1.71 bits per heavy atom. The molecule has 2 aliphatic rings. The first-order chi connectivity index (χ1) is 10.1. The lowest BCUT2D eigenvalue weighted by atomic mass is 9.79. The van der Waals surface area contributed by atoms with Gasteiger partial charge in [-0.15, -0.1) is 0 Å². The minimum absolute atomic E-state index is 0.0800. The minimum atomic E-state index is -0.719. The number of nitrogens with one attached hydrogen (secondary N) is 1. The van der Waals surface area contributed by atoms with Crippen molar-refractivity contribution in [2.45, 2.75) is 77.2 Å². The molecule has 1 amide bonds. The van der Waals surface area contributed by atoms with E-state index < -0.39 is 5.97 Å². The number of carboxylic acid groups (broad SMARTS) is 1. The van der Waals surface area contributed by atoms with E-state index in [0.717, 1.165) is 25.2 Å². The lowest BCUT2D eigenvalue weighted by molar-refractivity contribution is -0.141. The molecule has 2 atom stereocenters. The Labute approximate surface area is 127 Å². The number of carbonyl (C=O) groups excluding carboxylic acids is 1. The van der Waals surface area contributed by atoms with Crippen molar-refractivity contribution in [1.29, 1.82) is 0 Å². The van der Waals surface area contributed by atoms with Crippen LogP contribution in [0.5, 0.6) is 0 Å². The Kier molecular flexibility index (Phi) is 6.07. The third-order valence-electron chi connectivity index (χ3n) is 5.31. The molecule has 4 heteroatoms. The van der Waals surface area contributed by atoms with Gasteiger partial charge in [-0.2, -0.15) is 0 Å². The fourth-order valence-corrected chi connectivity index (χ4v) is 3.86. The maximum atomic E-state index is 12.3. The Bertz CT molecular complexity index is 361. The second-order valence-corrected chi connectivity index (χ2v) is 6.91. The Morgan fingerprint density at radius 3 is 2.29 bits per heavy atom. The van der Waals surface area contributed by atoms with Crippen LogP contribution in [0.3, 0.4) is 0 Å². The van der Waals surface area contributed by atoms with Crippen molar-refractivity contribution in [1.82, 2.24) is 5.32 Å². The van der Waals surface area contributed by atoms with Gasteiger partial charge >= 0.3 is 5.97 Å². The molecule has 120 valence electrons. The second kappa shape index (κ2) is 7.81. The topological polar surface area (TPSA) is 66.4 Å². The summed E-state index contributed by atoms with van der Waals surface area (Å²) in [4.78, 5) is 23.2. The minimum Gasteiger partial charge on any atom is -0.481 e. The molecule has 2 rings (SSSR count). The predicted octanol–water partition coefficient (Wildman–Crippen LogP) is 3.35. The Morgan fingerprint density at radius 1 is 1.05 bits per heavy atom. The number of hydrogen-bond acceptors (Lipinski definition) is 2. The zero-order chi connectivity index (χ0) is 15.2. The smallest absolute Gasteiger partial charge is 0.306 e. The standard InChI is InChI=1S/C17H29NO3/c1-2-3-4-12-5-7-13(8-6-12)16(19)18-15-10-9-14(11-15)17(20)21/h12-15H,2-11H2,1H3,(H,18,19)(H,20,21). The molecule has 0 aliphatic heterocycles. The SMILES string of the molecule is CCCCC1CCC(C(=O)NC2CCC(C(=O)O)C2)CC1. The molecule has 0 aromatic heterocycles. The van der Waals surface area contributed by atoms with E-state index in [1.165, 1.54) is 32.1 Å². The van der Waals surface area contributed by atoms with Gasteiger partial charge in [0.2, 0.25) is 5.91 Å². The second-order valence-electron chi connectivity index (χ2n) is 6.91. The highest BCUT2D eigenvalue weighted by molar-refractivity contribution is 5.79. The van der Waals surface area contributed by atoms with Gasteiger partial charge < -0.3 is 10.4 Å². The summed E-state index contributed by atoms with van der Waals surface area (Å²) in [7, 11) is 0. The van der Waals surface area contributed by atoms with Crippen LogP contribution in [-0.2, 0) is 9.59 Å². The zero-order valence-corrected chi connectivity index (χ0v) is 13.1. The van der Waals surface area contributed by atoms with Crippen molar-refractivity contribution in [2.24, 2.45) is 17.8 Å². The summed E-state index contributed by atoms with van der Waals surface area (Å²) in [5.41, 5.74) is 0. The van der Waals surface area contributed by atoms with E-state index >= 15 is 0 Å². The number of amides is 1. The zero-order valence-electron chi connectivity index (χ0n) is 13.1. The van der Waals surface area contributed by atoms with Gasteiger partial charge in [0.25, 0.3) is 0 Å². The van der Waals surface area contributed by atoms with Crippen LogP contribution in [0.15, 0.2) is 0 Å². The highest BCUT2D eigenvalue weighted by Crippen LogP contribution is 2.33. The summed E-state index contributed by atoms with van der Waals surface area (Å²) in [5.74, 6) is 0.159. The van der Waals surface area contributed by atoms with Gasteiger partial charge in [-0.3, -0.25) is 9.59 Å². The van der Waals surface area contributed by atoms with E-state index in [9.17, 15) is 9.59 Å². The van der Waals surface area contributed by atoms with Crippen LogP contribution in [-0.4, -0.2) is 23.0 Å². The molecule has 4 nitrogen and oxygen atoms in total. The number of carbonyl (C=O) groups is 2. The maximum Gasteiger partial charge on any atom is 0.306 e. The molecule has 0 bridgehead atoms. The molecule has 0 aromatic carbocycles. The fraction of sp³-hybridized carbons (Fsp3) is 0.882. The van der Waals surface area contributed by atoms with Crippen LogP contribution in [0.2, 0.25) is 0 Å². The molecule has 2 N–H and O–H groups in total. The van der Waals surface area contributed by atoms with Crippen LogP contribution < -0.4 is 5.32 Å². The summed E-state index contributed by atoms with van der Waals surface area (Å²) >= 11 is 0. The highest BCUT2D eigenvalue weighted by Gasteiger charge is 2.33. The van der Waals surface area contributed by atoms with Crippen LogP contribution in [0, 0.1) is 17.8 Å². The van der Waals surface area contributed by atoms with Crippen molar-refractivity contribution < 1.29 is 14.7 Å². The van der Waals surface area contributed by atoms with Gasteiger partial charge in [0.15, 0.2) is 0 Å². The normalized spacial score (nSPS) is 32.8. The van der Waals surface area contributed by atoms with Crippen molar-refractivity contribution in [3.8, 4) is 0 Å². The third kappa shape index (κ3) is 4.72. The van der Waals surface area contributed by atoms with E-state index in [1.807, 2.05) is 0 Å². The molecular formula is C17H29NO3. The van der Waals surface area contributed by atoms with Crippen molar-refractivity contribution in [3.63, 3.8) is 0 Å². The lowest BCUT2D eigenvalue weighted by Crippen LogP contribution is -2.39. The van der Waals surface area contributed by atoms with E-state index in [1.54, 1.807) is 0 Å². The van der Waals surface area contributed by atoms with Crippen LogP contribution in [0.4, 0.5) is 0 Å². The summed E-state index contributed by atoms with van der Waals surface area (Å²) in [6.07, 6.45) is 10.4. The molecule has 21 heavy (non-hydrogen) atoms. The summed E-state index contributed by atoms with van der Waals surface area (Å²) in [6, 6.07) is 0.0800. The number of aliphatic carboxylic acids is 1. The molecule has 2 saturated carbocycles. The maximum absolute atomic E-state index is 12.3. The molecule has 0 spiro atoms. The van der Waals surface area contributed by atoms with Gasteiger partial charge in [-0.1, -0.05) is 26.2 Å². The number of carboxylic acids is 1. The summed E-state index contributed by atoms with van der Waals surface area (Å²) in [6.45, 7) is 2.23. The molecule has 0 heterocycles. The third-order valence-corrected chi connectivity index (χ3v) is 5.31. The van der Waals surface area contributed by atoms with Gasteiger partial charge in [0, 0.05) is 12.0 Å². The first-order valence-corrected chi connectivity index (χ1v) is 8.63. The first-order valence-electron chi connectivity index (χ1n) is 8.63. The van der Waals surface area contributed by atoms with E-state index in [2.05, 4.69) is 12.2 Å². The van der Waals surface area contributed by atoms with Crippen LogP contribution in [0.1, 0.15) is 71.1 Å². The number of unbranched alkanes of at least 4 members (excludes halogenated alkanes) is 1. The fourth-order valence-electron chi connectivity index (χ4n) is 3.86. The van der Waals surface area contributed by atoms with Gasteiger partial charge in [-0.05, 0) is 50.9 Å².